The SMILES string of the molecule is Cc1ccc(-c2cccc3c4nc(C#N)cn4c4nccn4c23)c(C)n1. The van der Waals surface area contributed by atoms with Crippen LogP contribution in [0.3, 0.4) is 0 Å². The molecular formula is C20H14N6. The summed E-state index contributed by atoms with van der Waals surface area (Å²) in [5, 5.41) is 10.2. The van der Waals surface area contributed by atoms with Gasteiger partial charge in [-0.1, -0.05) is 18.2 Å². The van der Waals surface area contributed by atoms with E-state index >= 15 is 0 Å². The third-order valence-electron chi connectivity index (χ3n) is 4.69. The van der Waals surface area contributed by atoms with Crippen LogP contribution in [0.15, 0.2) is 48.9 Å². The Morgan fingerprint density at radius 1 is 1.00 bits per heavy atom. The Hall–Kier alpha value is -3.72. The fraction of sp³-hybridized carbons (Fsp3) is 0.100. The molecule has 5 rings (SSSR count). The van der Waals surface area contributed by atoms with E-state index in [9.17, 15) is 5.26 Å². The summed E-state index contributed by atoms with van der Waals surface area (Å²) in [4.78, 5) is 13.6. The van der Waals surface area contributed by atoms with Crippen LogP contribution in [0.2, 0.25) is 0 Å². The van der Waals surface area contributed by atoms with Crippen molar-refractivity contribution in [3.05, 3.63) is 66.0 Å². The summed E-state index contributed by atoms with van der Waals surface area (Å²) in [5.74, 6) is 0.728. The van der Waals surface area contributed by atoms with Crippen molar-refractivity contribution in [1.82, 2.24) is 23.8 Å². The van der Waals surface area contributed by atoms with Crippen LogP contribution in [0.5, 0.6) is 0 Å². The van der Waals surface area contributed by atoms with Crippen LogP contribution in [0.4, 0.5) is 0 Å². The molecule has 5 aromatic rings. The van der Waals surface area contributed by atoms with Crippen molar-refractivity contribution in [1.29, 1.82) is 5.26 Å². The number of pyridine rings is 1. The van der Waals surface area contributed by atoms with Gasteiger partial charge in [0.2, 0.25) is 5.78 Å². The molecule has 0 aliphatic rings. The Morgan fingerprint density at radius 2 is 1.88 bits per heavy atom. The molecule has 0 aliphatic heterocycles. The van der Waals surface area contributed by atoms with E-state index in [2.05, 4.69) is 33.2 Å². The van der Waals surface area contributed by atoms with Gasteiger partial charge in [0, 0.05) is 40.3 Å². The smallest absolute Gasteiger partial charge is 0.220 e. The second-order valence-electron chi connectivity index (χ2n) is 6.32. The monoisotopic (exact) mass is 338 g/mol. The lowest BCUT2D eigenvalue weighted by atomic mass is 10.0. The first-order valence-electron chi connectivity index (χ1n) is 8.29. The largest absolute Gasteiger partial charge is 0.284 e. The van der Waals surface area contributed by atoms with Crippen molar-refractivity contribution in [2.45, 2.75) is 13.8 Å². The highest BCUT2D eigenvalue weighted by molar-refractivity contribution is 6.02. The van der Waals surface area contributed by atoms with Gasteiger partial charge in [-0.2, -0.15) is 5.26 Å². The number of nitriles is 1. The average Bonchev–Trinajstić information content (AvgIpc) is 3.28. The fourth-order valence-corrected chi connectivity index (χ4v) is 3.60. The van der Waals surface area contributed by atoms with E-state index in [1.54, 1.807) is 12.4 Å². The predicted octanol–water partition coefficient (Wildman–Crippen LogP) is 3.69. The van der Waals surface area contributed by atoms with Crippen molar-refractivity contribution < 1.29 is 0 Å². The summed E-state index contributed by atoms with van der Waals surface area (Å²) < 4.78 is 3.91. The first-order valence-corrected chi connectivity index (χ1v) is 8.29. The number of benzene rings is 1. The minimum Gasteiger partial charge on any atom is -0.284 e. The van der Waals surface area contributed by atoms with E-state index in [1.807, 2.05) is 47.0 Å². The zero-order valence-corrected chi connectivity index (χ0v) is 14.3. The number of nitrogens with zero attached hydrogens (tertiary/aromatic N) is 6. The number of rotatable bonds is 1. The number of hydrogen-bond acceptors (Lipinski definition) is 4. The topological polar surface area (TPSA) is 71.3 Å². The Bertz CT molecular complexity index is 1370. The number of para-hydroxylation sites is 1. The Balaban J connectivity index is 2.01. The summed E-state index contributed by atoms with van der Waals surface area (Å²) in [6, 6.07) is 12.4. The zero-order valence-electron chi connectivity index (χ0n) is 14.3. The standard InChI is InChI=1S/C20H14N6/c1-12-6-7-15(13(2)23-12)16-4-3-5-17-18(16)25-9-8-22-20(25)26-11-14(10-21)24-19(17)26/h3-9,11H,1-2H3. The molecule has 0 fully saturated rings. The van der Waals surface area contributed by atoms with E-state index in [-0.39, 0.29) is 0 Å². The van der Waals surface area contributed by atoms with Gasteiger partial charge in [0.15, 0.2) is 11.3 Å². The molecule has 0 aliphatic carbocycles. The molecule has 0 bridgehead atoms. The maximum absolute atomic E-state index is 9.27. The molecule has 0 amide bonds. The Labute approximate surface area is 149 Å². The predicted molar refractivity (Wildman–Crippen MR) is 98.9 cm³/mol. The number of hydrogen-bond donors (Lipinski definition) is 0. The van der Waals surface area contributed by atoms with E-state index in [0.29, 0.717) is 5.69 Å². The van der Waals surface area contributed by atoms with Gasteiger partial charge in [-0.3, -0.25) is 13.8 Å². The van der Waals surface area contributed by atoms with E-state index in [0.717, 1.165) is 44.8 Å². The van der Waals surface area contributed by atoms with Gasteiger partial charge in [0.05, 0.1) is 11.7 Å². The molecule has 1 aromatic carbocycles. The second-order valence-corrected chi connectivity index (χ2v) is 6.32. The van der Waals surface area contributed by atoms with Gasteiger partial charge in [0.1, 0.15) is 6.07 Å². The molecule has 0 atom stereocenters. The van der Waals surface area contributed by atoms with Crippen LogP contribution in [-0.2, 0) is 0 Å². The first kappa shape index (κ1) is 14.6. The summed E-state index contributed by atoms with van der Waals surface area (Å²) >= 11 is 0. The van der Waals surface area contributed by atoms with Crippen molar-refractivity contribution in [3.8, 4) is 17.2 Å². The van der Waals surface area contributed by atoms with Gasteiger partial charge in [-0.05, 0) is 26.0 Å². The summed E-state index contributed by atoms with van der Waals surface area (Å²) in [6.07, 6.45) is 5.42. The molecular weight excluding hydrogens is 324 g/mol. The molecule has 6 heteroatoms. The van der Waals surface area contributed by atoms with Gasteiger partial charge in [-0.25, -0.2) is 9.97 Å². The van der Waals surface area contributed by atoms with E-state index < -0.39 is 0 Å². The second kappa shape index (κ2) is 5.14. The molecule has 0 spiro atoms. The quantitative estimate of drug-likeness (QED) is 0.467. The minimum atomic E-state index is 0.376. The number of aryl methyl sites for hydroxylation is 2. The summed E-state index contributed by atoms with van der Waals surface area (Å²) in [6.45, 7) is 4.01. The highest BCUT2D eigenvalue weighted by Gasteiger charge is 2.16. The highest BCUT2D eigenvalue weighted by Crippen LogP contribution is 2.33. The van der Waals surface area contributed by atoms with Crippen LogP contribution in [-0.4, -0.2) is 23.8 Å². The van der Waals surface area contributed by atoms with Crippen LogP contribution >= 0.6 is 0 Å². The lowest BCUT2D eigenvalue weighted by Gasteiger charge is -2.13. The molecule has 26 heavy (non-hydrogen) atoms. The molecule has 0 unspecified atom stereocenters. The average molecular weight is 338 g/mol. The van der Waals surface area contributed by atoms with E-state index in [1.165, 1.54) is 0 Å². The van der Waals surface area contributed by atoms with Gasteiger partial charge < -0.3 is 0 Å². The lowest BCUT2D eigenvalue weighted by Crippen LogP contribution is -1.99. The molecule has 0 N–H and O–H groups in total. The lowest BCUT2D eigenvalue weighted by molar-refractivity contribution is 1.10. The van der Waals surface area contributed by atoms with Gasteiger partial charge >= 0.3 is 0 Å². The molecule has 6 nitrogen and oxygen atoms in total. The maximum atomic E-state index is 9.27. The molecule has 0 radical (unpaired) electrons. The van der Waals surface area contributed by atoms with Gasteiger partial charge in [-0.15, -0.1) is 0 Å². The first-order chi connectivity index (χ1) is 12.7. The van der Waals surface area contributed by atoms with E-state index in [4.69, 9.17) is 0 Å². The van der Waals surface area contributed by atoms with Crippen molar-refractivity contribution in [2.24, 2.45) is 0 Å². The third kappa shape index (κ3) is 1.88. The maximum Gasteiger partial charge on any atom is 0.220 e. The Morgan fingerprint density at radius 3 is 2.69 bits per heavy atom. The number of aromatic nitrogens is 5. The van der Waals surface area contributed by atoms with Crippen LogP contribution in [0.25, 0.3) is 33.5 Å². The molecule has 0 saturated heterocycles. The normalized spacial score (nSPS) is 11.4. The van der Waals surface area contributed by atoms with Gasteiger partial charge in [0.25, 0.3) is 0 Å². The summed E-state index contributed by atoms with van der Waals surface area (Å²) in [7, 11) is 0. The molecule has 4 heterocycles. The Kier molecular flexibility index (Phi) is 2.89. The highest BCUT2D eigenvalue weighted by atomic mass is 15.2. The van der Waals surface area contributed by atoms with Crippen LogP contribution < -0.4 is 0 Å². The van der Waals surface area contributed by atoms with Crippen LogP contribution in [0, 0.1) is 25.2 Å². The van der Waals surface area contributed by atoms with Crippen LogP contribution in [0.1, 0.15) is 17.1 Å². The molecule has 4 aromatic heterocycles. The molecule has 124 valence electrons. The fourth-order valence-electron chi connectivity index (χ4n) is 3.60. The number of imidazole rings is 2. The minimum absolute atomic E-state index is 0.376. The summed E-state index contributed by atoms with van der Waals surface area (Å²) in [5.41, 5.74) is 6.24. The third-order valence-corrected chi connectivity index (χ3v) is 4.69. The number of fused-ring (bicyclic) bond motifs is 6. The van der Waals surface area contributed by atoms with Crippen molar-refractivity contribution in [2.75, 3.05) is 0 Å². The van der Waals surface area contributed by atoms with Crippen molar-refractivity contribution in [3.63, 3.8) is 0 Å². The van der Waals surface area contributed by atoms with Crippen molar-refractivity contribution >= 4 is 22.3 Å². The molecule has 0 saturated carbocycles. The zero-order chi connectivity index (χ0) is 17.8.